The van der Waals surface area contributed by atoms with Crippen molar-refractivity contribution in [1.82, 2.24) is 9.88 Å². The van der Waals surface area contributed by atoms with Crippen LogP contribution in [0.3, 0.4) is 0 Å². The lowest BCUT2D eigenvalue weighted by Crippen LogP contribution is -2.33. The van der Waals surface area contributed by atoms with Crippen LogP contribution in [0, 0.1) is 22.7 Å². The Morgan fingerprint density at radius 1 is 1.33 bits per heavy atom. The molecule has 1 fully saturated rings. The largest absolute Gasteiger partial charge is 0.392 e. The van der Waals surface area contributed by atoms with Gasteiger partial charge in [0.05, 0.1) is 17.2 Å². The summed E-state index contributed by atoms with van der Waals surface area (Å²) in [5.41, 5.74) is 7.73. The highest BCUT2D eigenvalue weighted by atomic mass is 32.2. The minimum absolute atomic E-state index is 0.295. The Morgan fingerprint density at radius 3 is 2.58 bits per heavy atom. The number of likely N-dealkylation sites (N-methyl/N-ethyl adjacent to an activating group) is 1. The number of anilines is 1. The van der Waals surface area contributed by atoms with Crippen LogP contribution in [0.15, 0.2) is 35.4 Å². The third kappa shape index (κ3) is 5.63. The number of aromatic nitrogens is 1. The number of pyridine rings is 1. The molecule has 1 amide bonds. The molecule has 2 unspecified atom stereocenters. The number of nitriles is 2. The van der Waals surface area contributed by atoms with Crippen molar-refractivity contribution < 1.29 is 9.90 Å². The molecule has 172 valence electrons. The number of carbonyl (C=O) groups excluding carboxylic acids is 1. The van der Waals surface area contributed by atoms with Gasteiger partial charge in [0.15, 0.2) is 0 Å². The smallest absolute Gasteiger partial charge is 0.235 e. The van der Waals surface area contributed by atoms with E-state index in [4.69, 9.17) is 10.7 Å². The lowest BCUT2D eigenvalue weighted by molar-refractivity contribution is -0.117. The van der Waals surface area contributed by atoms with Gasteiger partial charge >= 0.3 is 0 Å². The Hall–Kier alpha value is -3.11. The van der Waals surface area contributed by atoms with E-state index < -0.39 is 11.2 Å². The van der Waals surface area contributed by atoms with Crippen LogP contribution >= 0.6 is 11.8 Å². The van der Waals surface area contributed by atoms with Crippen molar-refractivity contribution >= 4 is 23.5 Å². The first kappa shape index (κ1) is 24.5. The second-order valence-corrected chi connectivity index (χ2v) is 9.12. The van der Waals surface area contributed by atoms with E-state index in [2.05, 4.69) is 17.0 Å². The van der Waals surface area contributed by atoms with Crippen molar-refractivity contribution in [3.05, 3.63) is 52.6 Å². The maximum absolute atomic E-state index is 12.3. The molecule has 1 saturated heterocycles. The molecular formula is C24H28N6O2S. The van der Waals surface area contributed by atoms with Crippen LogP contribution in [-0.4, -0.2) is 60.2 Å². The fraction of sp³-hybridized carbons (Fsp3) is 0.417. The molecule has 0 aliphatic carbocycles. The van der Waals surface area contributed by atoms with Crippen LogP contribution in [0.2, 0.25) is 0 Å². The summed E-state index contributed by atoms with van der Waals surface area (Å²) in [4.78, 5) is 21.0. The van der Waals surface area contributed by atoms with E-state index in [0.29, 0.717) is 47.0 Å². The topological polar surface area (TPSA) is 130 Å². The van der Waals surface area contributed by atoms with Gasteiger partial charge in [0.1, 0.15) is 28.2 Å². The molecular weight excluding hydrogens is 436 g/mol. The van der Waals surface area contributed by atoms with Crippen molar-refractivity contribution in [3.8, 4) is 12.1 Å². The van der Waals surface area contributed by atoms with E-state index in [0.717, 1.165) is 36.8 Å². The van der Waals surface area contributed by atoms with E-state index in [1.165, 1.54) is 0 Å². The van der Waals surface area contributed by atoms with Crippen molar-refractivity contribution in [2.45, 2.75) is 36.1 Å². The molecule has 3 N–H and O–H groups in total. The van der Waals surface area contributed by atoms with Crippen LogP contribution in [0.25, 0.3) is 0 Å². The van der Waals surface area contributed by atoms with Crippen molar-refractivity contribution in [1.29, 1.82) is 10.5 Å². The molecule has 3 rings (SSSR count). The molecule has 0 spiro atoms. The molecule has 2 atom stereocenters. The molecule has 1 aliphatic rings. The molecule has 1 aliphatic heterocycles. The summed E-state index contributed by atoms with van der Waals surface area (Å²) in [6, 6.07) is 13.6. The standard InChI is InChI=1S/C24H28N6O2S/c1-3-18-19(13-25)23(29(2)11-12-30-10-9-17(31)15-30)28-24(20(18)14-26)33-21(22(27)32)16-7-5-4-6-8-16/h4-8,17,21,31H,3,9-12,15H2,1-2H3,(H2,27,32). The quantitative estimate of drug-likeness (QED) is 0.540. The zero-order chi connectivity index (χ0) is 24.0. The third-order valence-corrected chi connectivity index (χ3v) is 7.04. The summed E-state index contributed by atoms with van der Waals surface area (Å²) in [6.45, 7) is 4.69. The number of thioether (sulfide) groups is 1. The van der Waals surface area contributed by atoms with Crippen molar-refractivity contribution in [2.24, 2.45) is 5.73 Å². The second kappa shape index (κ2) is 11.2. The fourth-order valence-electron chi connectivity index (χ4n) is 3.99. The first-order valence-corrected chi connectivity index (χ1v) is 11.8. The Labute approximate surface area is 198 Å². The van der Waals surface area contributed by atoms with Crippen molar-refractivity contribution in [2.75, 3.05) is 38.1 Å². The van der Waals surface area contributed by atoms with Crippen LogP contribution in [0.4, 0.5) is 5.82 Å². The van der Waals surface area contributed by atoms with Gasteiger partial charge in [0.2, 0.25) is 5.91 Å². The van der Waals surface area contributed by atoms with Gasteiger partial charge in [-0.15, -0.1) is 0 Å². The highest BCUT2D eigenvalue weighted by Crippen LogP contribution is 2.39. The molecule has 0 radical (unpaired) electrons. The predicted molar refractivity (Wildman–Crippen MR) is 128 cm³/mol. The Balaban J connectivity index is 1.98. The molecule has 1 aromatic carbocycles. The number of hydrogen-bond acceptors (Lipinski definition) is 8. The van der Waals surface area contributed by atoms with Crippen LogP contribution in [0.1, 0.15) is 40.8 Å². The summed E-state index contributed by atoms with van der Waals surface area (Å²) in [5.74, 6) is -0.0475. The molecule has 2 heterocycles. The van der Waals surface area contributed by atoms with Gasteiger partial charge in [-0.2, -0.15) is 10.5 Å². The fourth-order valence-corrected chi connectivity index (χ4v) is 5.05. The first-order valence-electron chi connectivity index (χ1n) is 10.9. The van der Waals surface area contributed by atoms with E-state index in [-0.39, 0.29) is 6.10 Å². The number of amides is 1. The second-order valence-electron chi connectivity index (χ2n) is 8.02. The van der Waals surface area contributed by atoms with E-state index in [1.54, 1.807) is 0 Å². The van der Waals surface area contributed by atoms with Gasteiger partial charge in [-0.3, -0.25) is 9.69 Å². The maximum atomic E-state index is 12.3. The summed E-state index contributed by atoms with van der Waals surface area (Å²) in [7, 11) is 1.86. The molecule has 0 saturated carbocycles. The van der Waals surface area contributed by atoms with Gasteiger partial charge < -0.3 is 15.7 Å². The van der Waals surface area contributed by atoms with Crippen LogP contribution in [0.5, 0.6) is 0 Å². The zero-order valence-electron chi connectivity index (χ0n) is 18.9. The van der Waals surface area contributed by atoms with Crippen molar-refractivity contribution in [3.63, 3.8) is 0 Å². The monoisotopic (exact) mass is 464 g/mol. The van der Waals surface area contributed by atoms with Gasteiger partial charge in [-0.1, -0.05) is 49.0 Å². The summed E-state index contributed by atoms with van der Waals surface area (Å²) >= 11 is 1.14. The van der Waals surface area contributed by atoms with Crippen LogP contribution in [-0.2, 0) is 11.2 Å². The molecule has 2 aromatic rings. The predicted octanol–water partition coefficient (Wildman–Crippen LogP) is 2.21. The number of hydrogen-bond donors (Lipinski definition) is 2. The zero-order valence-corrected chi connectivity index (χ0v) is 19.7. The number of aliphatic hydroxyl groups is 1. The molecule has 33 heavy (non-hydrogen) atoms. The van der Waals surface area contributed by atoms with Gasteiger partial charge in [-0.25, -0.2) is 4.98 Å². The number of benzene rings is 1. The summed E-state index contributed by atoms with van der Waals surface area (Å²) < 4.78 is 0. The van der Waals surface area contributed by atoms with Crippen LogP contribution < -0.4 is 10.6 Å². The number of nitrogens with two attached hydrogens (primary N) is 1. The van der Waals surface area contributed by atoms with Gasteiger partial charge in [0.25, 0.3) is 0 Å². The minimum atomic E-state index is -0.715. The van der Waals surface area contributed by atoms with E-state index >= 15 is 0 Å². The Morgan fingerprint density at radius 2 is 2.03 bits per heavy atom. The molecule has 0 bridgehead atoms. The van der Waals surface area contributed by atoms with Gasteiger partial charge in [0, 0.05) is 33.2 Å². The lowest BCUT2D eigenvalue weighted by atomic mass is 10.0. The third-order valence-electron chi connectivity index (χ3n) is 5.78. The molecule has 1 aromatic heterocycles. The van der Waals surface area contributed by atoms with E-state index in [9.17, 15) is 20.4 Å². The average Bonchev–Trinajstić information content (AvgIpc) is 3.25. The SMILES string of the molecule is CCc1c(C#N)c(SC(C(N)=O)c2ccccc2)nc(N(C)CCN2CCC(O)C2)c1C#N. The highest BCUT2D eigenvalue weighted by molar-refractivity contribution is 8.00. The number of aliphatic hydroxyl groups excluding tert-OH is 1. The maximum Gasteiger partial charge on any atom is 0.235 e. The number of likely N-dealkylation sites (tertiary alicyclic amines) is 1. The normalized spacial score (nSPS) is 16.7. The number of primary amides is 1. The average molecular weight is 465 g/mol. The van der Waals surface area contributed by atoms with E-state index in [1.807, 2.05) is 49.2 Å². The summed E-state index contributed by atoms with van der Waals surface area (Å²) in [5, 5.41) is 29.2. The minimum Gasteiger partial charge on any atom is -0.392 e. The van der Waals surface area contributed by atoms with Gasteiger partial charge in [-0.05, 0) is 24.0 Å². The number of β-amino-alcohol motifs (C(OH)–C–C–N with tert-alkyl or cyclic N) is 1. The Bertz CT molecular complexity index is 1080. The molecule has 9 heteroatoms. The number of carbonyl (C=O) groups is 1. The Kier molecular flexibility index (Phi) is 8.29. The first-order chi connectivity index (χ1) is 15.9. The number of nitrogens with zero attached hydrogens (tertiary/aromatic N) is 5. The number of rotatable bonds is 9. The summed E-state index contributed by atoms with van der Waals surface area (Å²) in [6.07, 6.45) is 0.946. The lowest BCUT2D eigenvalue weighted by Gasteiger charge is -2.25. The highest BCUT2D eigenvalue weighted by Gasteiger charge is 2.27. The molecule has 8 nitrogen and oxygen atoms in total.